The second kappa shape index (κ2) is 6.49. The fraction of sp³-hybridized carbons (Fsp3) is 0.625. The number of Topliss-reactive ketones (excluding diaryl/α,β-unsaturated/α-hetero) is 1. The summed E-state index contributed by atoms with van der Waals surface area (Å²) in [6, 6.07) is 0. The molecule has 4 aliphatic carbocycles. The lowest BCUT2D eigenvalue weighted by Crippen LogP contribution is -2.57. The largest absolute Gasteiger partial charge is 0.451 e. The SMILES string of the molecule is CC(=O)OC1(C(=O)CO)CCC2C3CC(C)C4=CC(=O)C=CC4(C)C3=CC[C@@]21C. The molecule has 0 saturated heterocycles. The quantitative estimate of drug-likeness (QED) is 0.583. The van der Waals surface area contributed by atoms with Crippen LogP contribution in [0.1, 0.15) is 53.4 Å². The molecule has 2 fully saturated rings. The highest BCUT2D eigenvalue weighted by atomic mass is 16.6. The second-order valence-corrected chi connectivity index (χ2v) is 9.71. The van der Waals surface area contributed by atoms with E-state index in [-0.39, 0.29) is 29.0 Å². The minimum absolute atomic E-state index is 0.0484. The molecule has 0 heterocycles. The van der Waals surface area contributed by atoms with Gasteiger partial charge in [-0.25, -0.2) is 0 Å². The molecule has 0 aromatic rings. The van der Waals surface area contributed by atoms with Crippen LogP contribution in [-0.4, -0.2) is 34.9 Å². The van der Waals surface area contributed by atoms with Crippen molar-refractivity contribution >= 4 is 17.5 Å². The Morgan fingerprint density at radius 2 is 2.00 bits per heavy atom. The number of esters is 1. The Balaban J connectivity index is 1.81. The average Bonchev–Trinajstić information content (AvgIpc) is 2.95. The van der Waals surface area contributed by atoms with E-state index < -0.39 is 29.4 Å². The molecular formula is C24H30O5. The third-order valence-corrected chi connectivity index (χ3v) is 8.31. The molecule has 5 nitrogen and oxygen atoms in total. The lowest BCUT2D eigenvalue weighted by molar-refractivity contribution is -0.183. The normalized spacial score (nSPS) is 42.9. The minimum atomic E-state index is -1.26. The molecule has 5 heteroatoms. The van der Waals surface area contributed by atoms with E-state index in [0.717, 1.165) is 12.8 Å². The number of rotatable bonds is 3. The summed E-state index contributed by atoms with van der Waals surface area (Å²) in [4.78, 5) is 36.8. The molecule has 0 aromatic carbocycles. The predicted molar refractivity (Wildman–Crippen MR) is 108 cm³/mol. The Morgan fingerprint density at radius 1 is 1.28 bits per heavy atom. The molecule has 0 aliphatic heterocycles. The van der Waals surface area contributed by atoms with E-state index in [1.54, 1.807) is 12.2 Å². The molecule has 156 valence electrons. The van der Waals surface area contributed by atoms with Crippen molar-refractivity contribution in [2.24, 2.45) is 28.6 Å². The summed E-state index contributed by atoms with van der Waals surface area (Å²) in [6.07, 6.45) is 10.5. The molecule has 0 bridgehead atoms. The van der Waals surface area contributed by atoms with Gasteiger partial charge in [-0.05, 0) is 68.1 Å². The smallest absolute Gasteiger partial charge is 0.303 e. The van der Waals surface area contributed by atoms with Crippen molar-refractivity contribution in [2.45, 2.75) is 59.0 Å². The van der Waals surface area contributed by atoms with Crippen LogP contribution in [0.3, 0.4) is 0 Å². The van der Waals surface area contributed by atoms with Crippen LogP contribution in [0, 0.1) is 28.6 Å². The lowest BCUT2D eigenvalue weighted by atomic mass is 9.49. The fourth-order valence-electron chi connectivity index (χ4n) is 6.98. The highest BCUT2D eigenvalue weighted by Crippen LogP contribution is 2.66. The Kier molecular flexibility index (Phi) is 4.54. The highest BCUT2D eigenvalue weighted by molar-refractivity contribution is 6.01. The van der Waals surface area contributed by atoms with Crippen LogP contribution in [0.4, 0.5) is 0 Å². The van der Waals surface area contributed by atoms with Crippen LogP contribution >= 0.6 is 0 Å². The third-order valence-electron chi connectivity index (χ3n) is 8.31. The Labute approximate surface area is 171 Å². The molecular weight excluding hydrogens is 368 g/mol. The first-order chi connectivity index (χ1) is 13.6. The average molecular weight is 398 g/mol. The monoisotopic (exact) mass is 398 g/mol. The number of carbonyl (C=O) groups is 3. The first-order valence-corrected chi connectivity index (χ1v) is 10.6. The van der Waals surface area contributed by atoms with Crippen molar-refractivity contribution in [1.29, 1.82) is 0 Å². The van der Waals surface area contributed by atoms with Crippen molar-refractivity contribution in [1.82, 2.24) is 0 Å². The summed E-state index contributed by atoms with van der Waals surface area (Å²) in [7, 11) is 0. The number of hydrogen-bond donors (Lipinski definition) is 1. The van der Waals surface area contributed by atoms with Crippen molar-refractivity contribution < 1.29 is 24.2 Å². The third kappa shape index (κ3) is 2.59. The Morgan fingerprint density at radius 3 is 2.66 bits per heavy atom. The maximum absolute atomic E-state index is 12.9. The van der Waals surface area contributed by atoms with Gasteiger partial charge in [0.15, 0.2) is 11.4 Å². The topological polar surface area (TPSA) is 80.7 Å². The van der Waals surface area contributed by atoms with Gasteiger partial charge in [-0.1, -0.05) is 31.6 Å². The number of allylic oxidation sites excluding steroid dienone is 6. The number of hydrogen-bond acceptors (Lipinski definition) is 5. The Bertz CT molecular complexity index is 880. The molecule has 6 atom stereocenters. The molecule has 0 aromatic heterocycles. The molecule has 0 spiro atoms. The molecule has 0 amide bonds. The molecule has 4 aliphatic rings. The van der Waals surface area contributed by atoms with Crippen molar-refractivity contribution in [3.8, 4) is 0 Å². The van der Waals surface area contributed by atoms with Crippen LogP contribution in [-0.2, 0) is 19.1 Å². The number of ether oxygens (including phenoxy) is 1. The van der Waals surface area contributed by atoms with Gasteiger partial charge in [0.25, 0.3) is 0 Å². The van der Waals surface area contributed by atoms with Gasteiger partial charge < -0.3 is 9.84 Å². The van der Waals surface area contributed by atoms with Gasteiger partial charge in [-0.2, -0.15) is 0 Å². The van der Waals surface area contributed by atoms with Gasteiger partial charge >= 0.3 is 5.97 Å². The van der Waals surface area contributed by atoms with E-state index in [1.807, 2.05) is 13.0 Å². The van der Waals surface area contributed by atoms with E-state index in [2.05, 4.69) is 19.9 Å². The maximum atomic E-state index is 12.9. The zero-order valence-corrected chi connectivity index (χ0v) is 17.7. The lowest BCUT2D eigenvalue weighted by Gasteiger charge is -2.55. The molecule has 5 unspecified atom stereocenters. The van der Waals surface area contributed by atoms with Gasteiger partial charge in [0.1, 0.15) is 6.61 Å². The highest BCUT2D eigenvalue weighted by Gasteiger charge is 2.67. The summed E-state index contributed by atoms with van der Waals surface area (Å²) in [6.45, 7) is 7.12. The minimum Gasteiger partial charge on any atom is -0.451 e. The van der Waals surface area contributed by atoms with E-state index in [4.69, 9.17) is 4.74 Å². The molecule has 0 radical (unpaired) electrons. The summed E-state index contributed by atoms with van der Waals surface area (Å²) < 4.78 is 5.73. The van der Waals surface area contributed by atoms with Crippen molar-refractivity contribution in [2.75, 3.05) is 6.61 Å². The maximum Gasteiger partial charge on any atom is 0.303 e. The van der Waals surface area contributed by atoms with Gasteiger partial charge in [0.05, 0.1) is 0 Å². The molecule has 4 rings (SSSR count). The van der Waals surface area contributed by atoms with Crippen LogP contribution in [0.15, 0.2) is 35.5 Å². The van der Waals surface area contributed by atoms with E-state index in [9.17, 15) is 19.5 Å². The van der Waals surface area contributed by atoms with E-state index in [0.29, 0.717) is 12.8 Å². The van der Waals surface area contributed by atoms with Crippen molar-refractivity contribution in [3.63, 3.8) is 0 Å². The molecule has 2 saturated carbocycles. The van der Waals surface area contributed by atoms with Gasteiger partial charge in [-0.15, -0.1) is 0 Å². The molecule has 1 N–H and O–H groups in total. The number of ketones is 2. The number of fused-ring (bicyclic) bond motifs is 5. The van der Waals surface area contributed by atoms with Crippen LogP contribution in [0.5, 0.6) is 0 Å². The van der Waals surface area contributed by atoms with Gasteiger partial charge in [-0.3, -0.25) is 14.4 Å². The van der Waals surface area contributed by atoms with E-state index >= 15 is 0 Å². The zero-order valence-electron chi connectivity index (χ0n) is 17.7. The summed E-state index contributed by atoms with van der Waals surface area (Å²) >= 11 is 0. The summed E-state index contributed by atoms with van der Waals surface area (Å²) in [5, 5.41) is 9.67. The summed E-state index contributed by atoms with van der Waals surface area (Å²) in [5.74, 6) is -0.125. The van der Waals surface area contributed by atoms with Crippen LogP contribution in [0.2, 0.25) is 0 Å². The first kappa shape index (κ1) is 20.3. The first-order valence-electron chi connectivity index (χ1n) is 10.6. The van der Waals surface area contributed by atoms with Gasteiger partial charge in [0.2, 0.25) is 5.78 Å². The Hall–Kier alpha value is -2.01. The number of carbonyl (C=O) groups excluding carboxylic acids is 3. The van der Waals surface area contributed by atoms with Crippen LogP contribution < -0.4 is 0 Å². The van der Waals surface area contributed by atoms with E-state index in [1.165, 1.54) is 18.1 Å². The number of aliphatic hydroxyl groups is 1. The predicted octanol–water partition coefficient (Wildman–Crippen LogP) is 3.32. The number of aliphatic hydroxyl groups excluding tert-OH is 1. The molecule has 29 heavy (non-hydrogen) atoms. The van der Waals surface area contributed by atoms with Crippen LogP contribution in [0.25, 0.3) is 0 Å². The summed E-state index contributed by atoms with van der Waals surface area (Å²) in [5.41, 5.74) is 0.414. The standard InChI is InChI=1S/C24H30O5/c1-14-11-17-18(22(3)8-5-16(27)12-20(14)22)6-9-23(4)19(17)7-10-24(23,21(28)13-25)29-15(2)26/h5-6,8,12,14,17,19,25H,7,9-11,13H2,1-4H3/t14?,17?,19?,22?,23-,24?/m0/s1. The zero-order chi connectivity index (χ0) is 21.2. The van der Waals surface area contributed by atoms with Gasteiger partial charge in [0, 0.05) is 17.8 Å². The second-order valence-electron chi connectivity index (χ2n) is 9.71. The fourth-order valence-corrected chi connectivity index (χ4v) is 6.98. The van der Waals surface area contributed by atoms with Crippen molar-refractivity contribution in [3.05, 3.63) is 35.5 Å².